The highest BCUT2D eigenvalue weighted by Crippen LogP contribution is 2.36. The Morgan fingerprint density at radius 3 is 1.83 bits per heavy atom. The Morgan fingerprint density at radius 1 is 1.17 bits per heavy atom. The highest BCUT2D eigenvalue weighted by atomic mass is 19.3. The Hall–Kier alpha value is -0.490. The van der Waals surface area contributed by atoms with Gasteiger partial charge in [-0.3, -0.25) is 0 Å². The fourth-order valence-electron chi connectivity index (χ4n) is 0.405. The van der Waals surface area contributed by atoms with Crippen LogP contribution in [0.2, 0.25) is 0 Å². The number of halogens is 7. The van der Waals surface area contributed by atoms with Gasteiger partial charge in [0.1, 0.15) is 0 Å². The SMILES string of the molecule is F[CH]C(F)(F)C(F)C(F)(F)CF. The fourth-order valence-corrected chi connectivity index (χ4v) is 0.405. The van der Waals surface area contributed by atoms with Crippen molar-refractivity contribution in [2.75, 3.05) is 6.67 Å². The van der Waals surface area contributed by atoms with E-state index in [1.807, 2.05) is 0 Å². The predicted molar refractivity (Wildman–Crippen MR) is 26.2 cm³/mol. The molecular weight excluding hydrogens is 193 g/mol. The Labute approximate surface area is 63.4 Å². The quantitative estimate of drug-likeness (QED) is 0.608. The number of hydrogen-bond donors (Lipinski definition) is 0. The minimum Gasteiger partial charge on any atom is -0.244 e. The molecular formula is C5H4F7. The summed E-state index contributed by atoms with van der Waals surface area (Å²) in [6.07, 6.45) is -4.18. The zero-order valence-electron chi connectivity index (χ0n) is 5.51. The first kappa shape index (κ1) is 11.5. The molecule has 7 heteroatoms. The molecule has 0 aromatic rings. The lowest BCUT2D eigenvalue weighted by Crippen LogP contribution is -2.45. The van der Waals surface area contributed by atoms with Gasteiger partial charge in [-0.1, -0.05) is 0 Å². The highest BCUT2D eigenvalue weighted by molar-refractivity contribution is 4.92. The summed E-state index contributed by atoms with van der Waals surface area (Å²) in [5.74, 6) is -9.83. The lowest BCUT2D eigenvalue weighted by Gasteiger charge is -2.22. The van der Waals surface area contributed by atoms with Crippen LogP contribution >= 0.6 is 0 Å². The van der Waals surface area contributed by atoms with E-state index in [-0.39, 0.29) is 0 Å². The van der Waals surface area contributed by atoms with E-state index in [0.29, 0.717) is 0 Å². The maximum atomic E-state index is 11.9. The number of rotatable bonds is 4. The van der Waals surface area contributed by atoms with Gasteiger partial charge in [0.05, 0.1) is 0 Å². The van der Waals surface area contributed by atoms with E-state index in [0.717, 1.165) is 0 Å². The van der Waals surface area contributed by atoms with Crippen LogP contribution in [0.4, 0.5) is 30.7 Å². The van der Waals surface area contributed by atoms with E-state index >= 15 is 0 Å². The molecule has 0 aromatic heterocycles. The van der Waals surface area contributed by atoms with Gasteiger partial charge in [0.2, 0.25) is 12.8 Å². The van der Waals surface area contributed by atoms with Crippen LogP contribution in [0.15, 0.2) is 0 Å². The van der Waals surface area contributed by atoms with Crippen LogP contribution in [0.1, 0.15) is 0 Å². The van der Waals surface area contributed by atoms with E-state index in [1.165, 1.54) is 0 Å². The normalized spacial score (nSPS) is 14.0. The van der Waals surface area contributed by atoms with Crippen LogP contribution in [0.5, 0.6) is 0 Å². The molecule has 1 radical (unpaired) electrons. The molecule has 0 N–H and O–H groups in total. The lowest BCUT2D eigenvalue weighted by molar-refractivity contribution is -0.179. The topological polar surface area (TPSA) is 0 Å². The minimum atomic E-state index is -4.96. The van der Waals surface area contributed by atoms with Crippen LogP contribution < -0.4 is 0 Å². The first-order valence-corrected chi connectivity index (χ1v) is 2.68. The lowest BCUT2D eigenvalue weighted by atomic mass is 10.1. The molecule has 0 amide bonds. The predicted octanol–water partition coefficient (Wildman–Crippen LogP) is 2.70. The van der Waals surface area contributed by atoms with Gasteiger partial charge in [-0.25, -0.2) is 22.0 Å². The maximum absolute atomic E-state index is 11.9. The van der Waals surface area contributed by atoms with Crippen molar-refractivity contribution in [3.8, 4) is 0 Å². The van der Waals surface area contributed by atoms with Gasteiger partial charge >= 0.3 is 11.8 Å². The summed E-state index contributed by atoms with van der Waals surface area (Å²) in [6, 6.07) is 0. The van der Waals surface area contributed by atoms with Gasteiger partial charge in [-0.2, -0.15) is 8.78 Å². The zero-order chi connectivity index (χ0) is 9.99. The molecule has 1 atom stereocenters. The molecule has 0 aliphatic carbocycles. The molecule has 0 aliphatic heterocycles. The van der Waals surface area contributed by atoms with Crippen molar-refractivity contribution in [1.82, 2.24) is 0 Å². The molecule has 0 fully saturated rings. The van der Waals surface area contributed by atoms with E-state index in [1.54, 1.807) is 0 Å². The first-order chi connectivity index (χ1) is 5.28. The highest BCUT2D eigenvalue weighted by Gasteiger charge is 2.56. The van der Waals surface area contributed by atoms with Crippen molar-refractivity contribution < 1.29 is 30.7 Å². The van der Waals surface area contributed by atoms with Gasteiger partial charge in [0, 0.05) is 0 Å². The molecule has 0 bridgehead atoms. The number of hydrogen-bond acceptors (Lipinski definition) is 0. The van der Waals surface area contributed by atoms with Crippen molar-refractivity contribution in [3.63, 3.8) is 0 Å². The van der Waals surface area contributed by atoms with E-state index < -0.39 is 31.4 Å². The molecule has 12 heavy (non-hydrogen) atoms. The summed E-state index contributed by atoms with van der Waals surface area (Å²) in [7, 11) is 0. The summed E-state index contributed by atoms with van der Waals surface area (Å²) in [6.45, 7) is -4.13. The van der Waals surface area contributed by atoms with E-state index in [2.05, 4.69) is 0 Å². The largest absolute Gasteiger partial charge is 0.318 e. The fraction of sp³-hybridized carbons (Fsp3) is 0.800. The van der Waals surface area contributed by atoms with E-state index in [9.17, 15) is 30.7 Å². The molecule has 0 nitrogen and oxygen atoms in total. The van der Waals surface area contributed by atoms with Crippen LogP contribution in [0.3, 0.4) is 0 Å². The minimum absolute atomic E-state index is 1.53. The molecule has 1 unspecified atom stereocenters. The molecule has 0 saturated carbocycles. The first-order valence-electron chi connectivity index (χ1n) is 2.68. The molecule has 0 rings (SSSR count). The van der Waals surface area contributed by atoms with Crippen molar-refractivity contribution in [1.29, 1.82) is 0 Å². The van der Waals surface area contributed by atoms with Crippen LogP contribution in [-0.2, 0) is 0 Å². The second-order valence-corrected chi connectivity index (χ2v) is 2.04. The van der Waals surface area contributed by atoms with Crippen LogP contribution in [0, 0.1) is 6.67 Å². The maximum Gasteiger partial charge on any atom is 0.318 e. The Balaban J connectivity index is 4.47. The third-order valence-electron chi connectivity index (χ3n) is 1.03. The van der Waals surface area contributed by atoms with Crippen molar-refractivity contribution >= 4 is 0 Å². The second kappa shape index (κ2) is 3.49. The Bertz CT molecular complexity index is 127. The van der Waals surface area contributed by atoms with Gasteiger partial charge in [-0.15, -0.1) is 0 Å². The zero-order valence-corrected chi connectivity index (χ0v) is 5.51. The van der Waals surface area contributed by atoms with Crippen molar-refractivity contribution in [2.24, 2.45) is 0 Å². The standard InChI is InChI=1S/C5H4F7/c6-1-4(9,10)3(8)5(11,12)2-7/h1,3H,2H2. The summed E-state index contributed by atoms with van der Waals surface area (Å²) in [4.78, 5) is 0. The van der Waals surface area contributed by atoms with Gasteiger partial charge in [0.25, 0.3) is 0 Å². The molecule has 0 heterocycles. The van der Waals surface area contributed by atoms with Crippen LogP contribution in [-0.4, -0.2) is 24.7 Å². The van der Waals surface area contributed by atoms with E-state index in [4.69, 9.17) is 0 Å². The Morgan fingerprint density at radius 2 is 1.58 bits per heavy atom. The van der Waals surface area contributed by atoms with Crippen molar-refractivity contribution in [3.05, 3.63) is 6.67 Å². The second-order valence-electron chi connectivity index (χ2n) is 2.04. The molecule has 0 aliphatic rings. The molecule has 73 valence electrons. The summed E-state index contributed by atoms with van der Waals surface area (Å²) >= 11 is 0. The van der Waals surface area contributed by atoms with Gasteiger partial charge in [0.15, 0.2) is 6.67 Å². The smallest absolute Gasteiger partial charge is 0.244 e. The average Bonchev–Trinajstić information content (AvgIpc) is 2.03. The monoisotopic (exact) mass is 197 g/mol. The molecule has 0 saturated heterocycles. The summed E-state index contributed by atoms with van der Waals surface area (Å²) < 4.78 is 81.5. The van der Waals surface area contributed by atoms with Gasteiger partial charge < -0.3 is 0 Å². The number of alkyl halides is 6. The third-order valence-corrected chi connectivity index (χ3v) is 1.03. The molecule has 0 spiro atoms. The summed E-state index contributed by atoms with van der Waals surface area (Å²) in [5.41, 5.74) is 0. The summed E-state index contributed by atoms with van der Waals surface area (Å²) in [5, 5.41) is 0. The van der Waals surface area contributed by atoms with Crippen molar-refractivity contribution in [2.45, 2.75) is 18.0 Å². The van der Waals surface area contributed by atoms with Gasteiger partial charge in [-0.05, 0) is 0 Å². The third kappa shape index (κ3) is 2.25. The Kier molecular flexibility index (Phi) is 3.34. The average molecular weight is 197 g/mol. The molecule has 0 aromatic carbocycles. The van der Waals surface area contributed by atoms with Crippen LogP contribution in [0.25, 0.3) is 0 Å².